The zero-order chi connectivity index (χ0) is 16.4. The molecule has 0 aliphatic carbocycles. The zero-order valence-electron chi connectivity index (χ0n) is 12.2. The van der Waals surface area contributed by atoms with E-state index < -0.39 is 0 Å². The Kier molecular flexibility index (Phi) is 4.84. The predicted octanol–water partition coefficient (Wildman–Crippen LogP) is 4.86. The van der Waals surface area contributed by atoms with Gasteiger partial charge in [-0.15, -0.1) is 0 Å². The van der Waals surface area contributed by atoms with Crippen molar-refractivity contribution in [3.63, 3.8) is 0 Å². The molecule has 1 aliphatic rings. The summed E-state index contributed by atoms with van der Waals surface area (Å²) in [5, 5.41) is 0. The van der Waals surface area contributed by atoms with Crippen molar-refractivity contribution in [2.45, 2.75) is 0 Å². The van der Waals surface area contributed by atoms with Gasteiger partial charge in [0.05, 0.1) is 17.7 Å². The van der Waals surface area contributed by atoms with Crippen LogP contribution < -0.4 is 9.64 Å². The smallest absolute Gasteiger partial charge is 0.270 e. The summed E-state index contributed by atoms with van der Waals surface area (Å²) in [5.41, 5.74) is 1.69. The normalized spacial score (nSPS) is 16.3. The number of benzene rings is 2. The number of carbonyl (C=O) groups excluding carboxylic acids is 1. The highest BCUT2D eigenvalue weighted by atomic mass is 79.9. The zero-order valence-corrected chi connectivity index (χ0v) is 15.4. The number of amides is 1. The van der Waals surface area contributed by atoms with Gasteiger partial charge in [-0.05, 0) is 48.0 Å². The third-order valence-corrected chi connectivity index (χ3v) is 5.07. The molecule has 2 aromatic carbocycles. The van der Waals surface area contributed by atoms with Gasteiger partial charge >= 0.3 is 0 Å². The minimum Gasteiger partial charge on any atom is -0.497 e. The summed E-state index contributed by atoms with van der Waals surface area (Å²) in [6, 6.07) is 15.1. The van der Waals surface area contributed by atoms with Crippen LogP contribution in [0.25, 0.3) is 6.08 Å². The summed E-state index contributed by atoms with van der Waals surface area (Å²) in [7, 11) is 1.61. The molecule has 0 radical (unpaired) electrons. The maximum Gasteiger partial charge on any atom is 0.270 e. The van der Waals surface area contributed by atoms with Crippen molar-refractivity contribution in [1.82, 2.24) is 0 Å². The maximum absolute atomic E-state index is 12.7. The lowest BCUT2D eigenvalue weighted by atomic mass is 10.2. The molecule has 23 heavy (non-hydrogen) atoms. The number of methoxy groups -OCH3 is 1. The molecule has 0 atom stereocenters. The summed E-state index contributed by atoms with van der Waals surface area (Å²) in [4.78, 5) is 14.8. The molecule has 0 unspecified atom stereocenters. The molecule has 116 valence electrons. The molecule has 2 aromatic rings. The van der Waals surface area contributed by atoms with Gasteiger partial charge in [0.15, 0.2) is 4.32 Å². The quantitative estimate of drug-likeness (QED) is 0.538. The Morgan fingerprint density at radius 2 is 1.96 bits per heavy atom. The topological polar surface area (TPSA) is 29.5 Å². The Hall–Kier alpha value is -1.63. The predicted molar refractivity (Wildman–Crippen MR) is 103 cm³/mol. The van der Waals surface area contributed by atoms with Crippen LogP contribution in [0.3, 0.4) is 0 Å². The molecular formula is C17H12BrNO2S2. The van der Waals surface area contributed by atoms with Gasteiger partial charge in [0, 0.05) is 4.47 Å². The van der Waals surface area contributed by atoms with Crippen LogP contribution in [0, 0.1) is 0 Å². The Morgan fingerprint density at radius 3 is 2.61 bits per heavy atom. The van der Waals surface area contributed by atoms with E-state index in [0.717, 1.165) is 21.5 Å². The van der Waals surface area contributed by atoms with Gasteiger partial charge in [-0.1, -0.05) is 52.0 Å². The summed E-state index contributed by atoms with van der Waals surface area (Å²) in [6.07, 6.45) is 1.85. The van der Waals surface area contributed by atoms with Crippen molar-refractivity contribution in [3.8, 4) is 5.75 Å². The van der Waals surface area contributed by atoms with E-state index in [1.54, 1.807) is 12.0 Å². The summed E-state index contributed by atoms with van der Waals surface area (Å²) in [5.74, 6) is 0.633. The maximum atomic E-state index is 12.7. The van der Waals surface area contributed by atoms with E-state index in [-0.39, 0.29) is 5.91 Å². The molecule has 0 saturated carbocycles. The molecule has 1 aliphatic heterocycles. The molecule has 1 saturated heterocycles. The number of thioether (sulfide) groups is 1. The lowest BCUT2D eigenvalue weighted by molar-refractivity contribution is -0.113. The summed E-state index contributed by atoms with van der Waals surface area (Å²) < 4.78 is 6.64. The van der Waals surface area contributed by atoms with E-state index in [1.807, 2.05) is 54.6 Å². The third-order valence-electron chi connectivity index (χ3n) is 3.27. The summed E-state index contributed by atoms with van der Waals surface area (Å²) in [6.45, 7) is 0. The second-order valence-electron chi connectivity index (χ2n) is 4.77. The Bertz CT molecular complexity index is 802. The van der Waals surface area contributed by atoms with Gasteiger partial charge in [0.1, 0.15) is 5.75 Å². The number of anilines is 1. The van der Waals surface area contributed by atoms with Crippen LogP contribution in [0.15, 0.2) is 57.9 Å². The molecule has 0 spiro atoms. The molecule has 3 nitrogen and oxygen atoms in total. The average molecular weight is 406 g/mol. The average Bonchev–Trinajstić information content (AvgIpc) is 2.81. The first-order chi connectivity index (χ1) is 11.1. The van der Waals surface area contributed by atoms with E-state index in [4.69, 9.17) is 17.0 Å². The van der Waals surface area contributed by atoms with Gasteiger partial charge in [-0.3, -0.25) is 9.69 Å². The highest BCUT2D eigenvalue weighted by Crippen LogP contribution is 2.36. The molecule has 0 N–H and O–H groups in total. The van der Waals surface area contributed by atoms with Gasteiger partial charge in [-0.25, -0.2) is 0 Å². The molecule has 3 rings (SSSR count). The standard InChI is InChI=1S/C17H12BrNO2S2/c1-21-14-7-5-13(6-8-14)19-16(20)15(23-17(19)22)10-11-3-2-4-12(18)9-11/h2-10H,1H3/b15-10+. The third kappa shape index (κ3) is 3.49. The second kappa shape index (κ2) is 6.86. The highest BCUT2D eigenvalue weighted by Gasteiger charge is 2.33. The fourth-order valence-corrected chi connectivity index (χ4v) is 3.89. The number of hydrogen-bond donors (Lipinski definition) is 0. The van der Waals surface area contributed by atoms with Crippen LogP contribution in [0.2, 0.25) is 0 Å². The van der Waals surface area contributed by atoms with Crippen LogP contribution >= 0.6 is 39.9 Å². The Balaban J connectivity index is 1.90. The summed E-state index contributed by atoms with van der Waals surface area (Å²) >= 11 is 10.1. The van der Waals surface area contributed by atoms with Crippen molar-refractivity contribution >= 4 is 61.9 Å². The van der Waals surface area contributed by atoms with Gasteiger partial charge in [-0.2, -0.15) is 0 Å². The van der Waals surface area contributed by atoms with Gasteiger partial charge < -0.3 is 4.74 Å². The van der Waals surface area contributed by atoms with Crippen molar-refractivity contribution in [2.75, 3.05) is 12.0 Å². The first-order valence-electron chi connectivity index (χ1n) is 6.76. The molecule has 1 amide bonds. The van der Waals surface area contributed by atoms with Gasteiger partial charge in [0.25, 0.3) is 5.91 Å². The number of carbonyl (C=O) groups is 1. The first kappa shape index (κ1) is 16.2. The minimum absolute atomic E-state index is 0.106. The first-order valence-corrected chi connectivity index (χ1v) is 8.78. The number of halogens is 1. The van der Waals surface area contributed by atoms with E-state index in [1.165, 1.54) is 11.8 Å². The number of ether oxygens (including phenoxy) is 1. The van der Waals surface area contributed by atoms with Crippen LogP contribution in [-0.2, 0) is 4.79 Å². The lowest BCUT2D eigenvalue weighted by Gasteiger charge is -2.14. The highest BCUT2D eigenvalue weighted by molar-refractivity contribution is 9.10. The lowest BCUT2D eigenvalue weighted by Crippen LogP contribution is -2.27. The largest absolute Gasteiger partial charge is 0.497 e. The van der Waals surface area contributed by atoms with Crippen molar-refractivity contribution in [1.29, 1.82) is 0 Å². The second-order valence-corrected chi connectivity index (χ2v) is 7.36. The van der Waals surface area contributed by atoms with E-state index in [0.29, 0.717) is 9.23 Å². The number of rotatable bonds is 3. The molecule has 1 fully saturated rings. The fourth-order valence-electron chi connectivity index (χ4n) is 2.17. The van der Waals surface area contributed by atoms with Crippen molar-refractivity contribution < 1.29 is 9.53 Å². The van der Waals surface area contributed by atoms with E-state index in [9.17, 15) is 4.79 Å². The minimum atomic E-state index is -0.106. The Labute approximate surface area is 152 Å². The van der Waals surface area contributed by atoms with Crippen molar-refractivity contribution in [2.24, 2.45) is 0 Å². The number of thiocarbonyl (C=S) groups is 1. The van der Waals surface area contributed by atoms with E-state index in [2.05, 4.69) is 15.9 Å². The van der Waals surface area contributed by atoms with Crippen molar-refractivity contribution in [3.05, 3.63) is 63.5 Å². The molecule has 1 heterocycles. The molecule has 6 heteroatoms. The van der Waals surface area contributed by atoms with Gasteiger partial charge in [0.2, 0.25) is 0 Å². The molecule has 0 bridgehead atoms. The van der Waals surface area contributed by atoms with E-state index >= 15 is 0 Å². The van der Waals surface area contributed by atoms with Crippen LogP contribution in [0.5, 0.6) is 5.75 Å². The molecule has 0 aromatic heterocycles. The monoisotopic (exact) mass is 405 g/mol. The SMILES string of the molecule is COc1ccc(N2C(=O)/C(=C\c3cccc(Br)c3)SC2=S)cc1. The Morgan fingerprint density at radius 1 is 1.22 bits per heavy atom. The number of hydrogen-bond acceptors (Lipinski definition) is 4. The van der Waals surface area contributed by atoms with Crippen LogP contribution in [0.4, 0.5) is 5.69 Å². The van der Waals surface area contributed by atoms with Crippen LogP contribution in [0.1, 0.15) is 5.56 Å². The fraction of sp³-hybridized carbons (Fsp3) is 0.0588. The van der Waals surface area contributed by atoms with Crippen LogP contribution in [-0.4, -0.2) is 17.3 Å². The number of nitrogens with zero attached hydrogens (tertiary/aromatic N) is 1. The molecular weight excluding hydrogens is 394 g/mol.